The van der Waals surface area contributed by atoms with Gasteiger partial charge in [0.2, 0.25) is 0 Å². The molecule has 1 aromatic heterocycles. The van der Waals surface area contributed by atoms with E-state index in [9.17, 15) is 8.42 Å². The number of nitrogens with zero attached hydrogens (tertiary/aromatic N) is 2. The molecule has 2 heterocycles. The van der Waals surface area contributed by atoms with Gasteiger partial charge in [-0.05, 0) is 22.0 Å². The lowest BCUT2D eigenvalue weighted by atomic mass is 10.4. The molecule has 1 fully saturated rings. The number of aromatic nitrogens is 1. The van der Waals surface area contributed by atoms with Gasteiger partial charge >= 0.3 is 0 Å². The van der Waals surface area contributed by atoms with Gasteiger partial charge < -0.3 is 4.90 Å². The molecule has 0 saturated carbocycles. The monoisotopic (exact) mass is 324 g/mol. The Balaban J connectivity index is 2.20. The number of pyridine rings is 1. The normalized spacial score (nSPS) is 19.8. The Bertz CT molecular complexity index is 492. The Labute approximate surface area is 108 Å². The van der Waals surface area contributed by atoms with Gasteiger partial charge in [-0.15, -0.1) is 0 Å². The molecule has 1 aromatic rings. The minimum absolute atomic E-state index is 0.184. The van der Waals surface area contributed by atoms with E-state index < -0.39 is 9.84 Å². The van der Waals surface area contributed by atoms with Crippen LogP contribution in [0.3, 0.4) is 0 Å². The molecule has 16 heavy (non-hydrogen) atoms. The van der Waals surface area contributed by atoms with E-state index in [-0.39, 0.29) is 11.5 Å². The van der Waals surface area contributed by atoms with Crippen molar-refractivity contribution in [3.05, 3.63) is 21.8 Å². The molecule has 0 amide bonds. The van der Waals surface area contributed by atoms with Crippen LogP contribution < -0.4 is 4.90 Å². The van der Waals surface area contributed by atoms with Gasteiger partial charge in [-0.3, -0.25) is 0 Å². The quantitative estimate of drug-likeness (QED) is 0.789. The van der Waals surface area contributed by atoms with Crippen LogP contribution in [0, 0.1) is 0 Å². The summed E-state index contributed by atoms with van der Waals surface area (Å²) >= 11 is 9.17. The molecule has 0 bridgehead atoms. The summed E-state index contributed by atoms with van der Waals surface area (Å²) in [6.07, 6.45) is 1.56. The Morgan fingerprint density at radius 3 is 2.56 bits per heavy atom. The lowest BCUT2D eigenvalue weighted by Gasteiger charge is -2.28. The summed E-state index contributed by atoms with van der Waals surface area (Å²) in [4.78, 5) is 6.15. The smallest absolute Gasteiger partial charge is 0.153 e. The van der Waals surface area contributed by atoms with Gasteiger partial charge in [0.15, 0.2) is 9.84 Å². The largest absolute Gasteiger partial charge is 0.354 e. The van der Waals surface area contributed by atoms with Gasteiger partial charge in [0, 0.05) is 19.3 Å². The molecule has 7 heteroatoms. The second-order valence-electron chi connectivity index (χ2n) is 3.60. The number of sulfone groups is 1. The van der Waals surface area contributed by atoms with Crippen LogP contribution in [0.2, 0.25) is 5.02 Å². The lowest BCUT2D eigenvalue weighted by Crippen LogP contribution is -2.40. The fraction of sp³-hybridized carbons (Fsp3) is 0.444. The molecular formula is C9H10BrClN2O2S. The van der Waals surface area contributed by atoms with Crippen molar-refractivity contribution in [2.75, 3.05) is 29.5 Å². The van der Waals surface area contributed by atoms with Crippen molar-refractivity contribution in [3.8, 4) is 0 Å². The first-order valence-corrected chi connectivity index (χ1v) is 7.73. The summed E-state index contributed by atoms with van der Waals surface area (Å²) in [5.41, 5.74) is 0. The van der Waals surface area contributed by atoms with Crippen LogP contribution in [0.1, 0.15) is 0 Å². The van der Waals surface area contributed by atoms with E-state index in [2.05, 4.69) is 20.9 Å². The van der Waals surface area contributed by atoms with E-state index in [1.54, 1.807) is 12.3 Å². The van der Waals surface area contributed by atoms with E-state index in [1.807, 2.05) is 4.90 Å². The highest BCUT2D eigenvalue weighted by Crippen LogP contribution is 2.27. The third-order valence-electron chi connectivity index (χ3n) is 2.43. The zero-order valence-corrected chi connectivity index (χ0v) is 11.5. The predicted molar refractivity (Wildman–Crippen MR) is 67.8 cm³/mol. The molecule has 0 atom stereocenters. The van der Waals surface area contributed by atoms with Gasteiger partial charge in [0.1, 0.15) is 5.82 Å². The average molecular weight is 326 g/mol. The third kappa shape index (κ3) is 2.67. The molecule has 1 aliphatic rings. The maximum Gasteiger partial charge on any atom is 0.153 e. The predicted octanol–water partition coefficient (Wildman–Crippen LogP) is 1.73. The van der Waals surface area contributed by atoms with E-state index in [1.165, 1.54) is 0 Å². The number of anilines is 1. The summed E-state index contributed by atoms with van der Waals surface area (Å²) < 4.78 is 23.4. The molecule has 0 radical (unpaired) electrons. The van der Waals surface area contributed by atoms with Crippen LogP contribution in [0.25, 0.3) is 0 Å². The Hall–Kier alpha value is -0.330. The van der Waals surface area contributed by atoms with E-state index in [0.29, 0.717) is 18.1 Å². The number of rotatable bonds is 1. The van der Waals surface area contributed by atoms with Crippen LogP contribution in [0.5, 0.6) is 0 Å². The first-order valence-electron chi connectivity index (χ1n) is 4.74. The number of hydrogen-bond acceptors (Lipinski definition) is 4. The molecule has 2 rings (SSSR count). The van der Waals surface area contributed by atoms with E-state index >= 15 is 0 Å². The summed E-state index contributed by atoms with van der Waals surface area (Å²) in [5, 5.41) is 0.556. The molecular weight excluding hydrogens is 316 g/mol. The van der Waals surface area contributed by atoms with Gasteiger partial charge in [0.05, 0.1) is 21.0 Å². The fourth-order valence-corrected chi connectivity index (χ4v) is 3.65. The first kappa shape index (κ1) is 12.1. The van der Waals surface area contributed by atoms with Crippen molar-refractivity contribution in [1.82, 2.24) is 4.98 Å². The zero-order valence-electron chi connectivity index (χ0n) is 8.36. The minimum Gasteiger partial charge on any atom is -0.354 e. The van der Waals surface area contributed by atoms with Crippen LogP contribution >= 0.6 is 27.5 Å². The average Bonchev–Trinajstić information content (AvgIpc) is 2.19. The van der Waals surface area contributed by atoms with Gasteiger partial charge in [0.25, 0.3) is 0 Å². The first-order chi connectivity index (χ1) is 7.48. The van der Waals surface area contributed by atoms with Crippen molar-refractivity contribution in [1.29, 1.82) is 0 Å². The topological polar surface area (TPSA) is 50.3 Å². The fourth-order valence-electron chi connectivity index (χ4n) is 1.56. The van der Waals surface area contributed by atoms with Gasteiger partial charge in [-0.1, -0.05) is 11.6 Å². The molecule has 1 aliphatic heterocycles. The van der Waals surface area contributed by atoms with Crippen LogP contribution in [0.4, 0.5) is 5.82 Å². The molecule has 4 nitrogen and oxygen atoms in total. The molecule has 0 spiro atoms. The Kier molecular flexibility index (Phi) is 3.42. The standard InChI is InChI=1S/C9H10BrClN2O2S/c10-8-5-7(11)6-12-9(8)13-1-3-16(14,15)4-2-13/h5-6H,1-4H2. The zero-order chi connectivity index (χ0) is 11.8. The number of halogens is 2. The van der Waals surface area contributed by atoms with E-state index in [0.717, 1.165) is 10.3 Å². The minimum atomic E-state index is -2.86. The van der Waals surface area contributed by atoms with Crippen molar-refractivity contribution in [3.63, 3.8) is 0 Å². The highest BCUT2D eigenvalue weighted by molar-refractivity contribution is 9.10. The SMILES string of the molecule is O=S1(=O)CCN(c2ncc(Cl)cc2Br)CC1. The molecule has 1 saturated heterocycles. The highest BCUT2D eigenvalue weighted by atomic mass is 79.9. The summed E-state index contributed by atoms with van der Waals surface area (Å²) in [7, 11) is -2.86. The molecule has 0 aliphatic carbocycles. The maximum atomic E-state index is 11.3. The van der Waals surface area contributed by atoms with Crippen LogP contribution in [-0.2, 0) is 9.84 Å². The summed E-state index contributed by atoms with van der Waals surface area (Å²) in [6, 6.07) is 1.76. The Morgan fingerprint density at radius 2 is 2.00 bits per heavy atom. The van der Waals surface area contributed by atoms with Crippen molar-refractivity contribution in [2.45, 2.75) is 0 Å². The lowest BCUT2D eigenvalue weighted by molar-refractivity contribution is 0.586. The Morgan fingerprint density at radius 1 is 1.38 bits per heavy atom. The molecule has 0 unspecified atom stereocenters. The highest BCUT2D eigenvalue weighted by Gasteiger charge is 2.23. The maximum absolute atomic E-state index is 11.3. The molecule has 0 aromatic carbocycles. The number of hydrogen-bond donors (Lipinski definition) is 0. The van der Waals surface area contributed by atoms with Crippen LogP contribution in [-0.4, -0.2) is 38.0 Å². The second kappa shape index (κ2) is 4.50. The second-order valence-corrected chi connectivity index (χ2v) is 7.19. The van der Waals surface area contributed by atoms with Gasteiger partial charge in [-0.2, -0.15) is 0 Å². The third-order valence-corrected chi connectivity index (χ3v) is 4.83. The molecule has 88 valence electrons. The van der Waals surface area contributed by atoms with Crippen molar-refractivity contribution in [2.24, 2.45) is 0 Å². The van der Waals surface area contributed by atoms with Gasteiger partial charge in [-0.25, -0.2) is 13.4 Å². The van der Waals surface area contributed by atoms with Crippen molar-refractivity contribution < 1.29 is 8.42 Å². The van der Waals surface area contributed by atoms with Crippen molar-refractivity contribution >= 4 is 43.2 Å². The van der Waals surface area contributed by atoms with E-state index in [4.69, 9.17) is 11.6 Å². The summed E-state index contributed by atoms with van der Waals surface area (Å²) in [5.74, 6) is 1.12. The molecule has 0 N–H and O–H groups in total. The summed E-state index contributed by atoms with van der Waals surface area (Å²) in [6.45, 7) is 0.963. The van der Waals surface area contributed by atoms with Crippen LogP contribution in [0.15, 0.2) is 16.7 Å².